The van der Waals surface area contributed by atoms with Crippen LogP contribution >= 0.6 is 0 Å². The fourth-order valence-corrected chi connectivity index (χ4v) is 2.52. The second-order valence-corrected chi connectivity index (χ2v) is 5.60. The zero-order valence-electron chi connectivity index (χ0n) is 12.0. The zero-order valence-corrected chi connectivity index (χ0v) is 12.0. The Morgan fingerprint density at radius 3 is 2.85 bits per heavy atom. The van der Waals surface area contributed by atoms with Gasteiger partial charge in [-0.25, -0.2) is 4.39 Å². The van der Waals surface area contributed by atoms with E-state index in [4.69, 9.17) is 4.74 Å². The Morgan fingerprint density at radius 1 is 1.55 bits per heavy atom. The number of nitrogens with zero attached hydrogens (tertiary/aromatic N) is 1. The summed E-state index contributed by atoms with van der Waals surface area (Å²) >= 11 is 0. The Bertz CT molecular complexity index is 516. The molecule has 0 radical (unpaired) electrons. The lowest BCUT2D eigenvalue weighted by molar-refractivity contribution is -0.149. The molecule has 0 fully saturated rings. The van der Waals surface area contributed by atoms with Crippen molar-refractivity contribution in [3.63, 3.8) is 0 Å². The van der Waals surface area contributed by atoms with Crippen LogP contribution in [0.15, 0.2) is 18.2 Å². The summed E-state index contributed by atoms with van der Waals surface area (Å²) in [5.41, 5.74) is -0.0998. The zero-order chi connectivity index (χ0) is 14.9. The largest absolute Gasteiger partial charge is 0.488 e. The number of ether oxygens (including phenoxy) is 1. The van der Waals surface area contributed by atoms with Crippen molar-refractivity contribution in [1.29, 1.82) is 0 Å². The number of aliphatic carboxylic acids is 1. The lowest BCUT2D eigenvalue weighted by atomic mass is 10.0. The predicted molar refractivity (Wildman–Crippen MR) is 73.5 cm³/mol. The van der Waals surface area contributed by atoms with Gasteiger partial charge in [0, 0.05) is 18.5 Å². The van der Waals surface area contributed by atoms with Gasteiger partial charge in [0.15, 0.2) is 0 Å². The van der Waals surface area contributed by atoms with Crippen molar-refractivity contribution in [3.05, 3.63) is 29.6 Å². The number of hydrogen-bond acceptors (Lipinski definition) is 3. The molecule has 1 unspecified atom stereocenters. The summed E-state index contributed by atoms with van der Waals surface area (Å²) in [7, 11) is 0. The maximum atomic E-state index is 13.2. The van der Waals surface area contributed by atoms with Crippen LogP contribution in [-0.2, 0) is 11.2 Å². The molecule has 1 atom stereocenters. The summed E-state index contributed by atoms with van der Waals surface area (Å²) in [6, 6.07) is 4.48. The molecule has 1 aromatic carbocycles. The van der Waals surface area contributed by atoms with Gasteiger partial charge >= 0.3 is 5.97 Å². The van der Waals surface area contributed by atoms with E-state index in [9.17, 15) is 14.3 Å². The van der Waals surface area contributed by atoms with Crippen molar-refractivity contribution in [2.75, 3.05) is 13.1 Å². The van der Waals surface area contributed by atoms with Crippen LogP contribution in [0.25, 0.3) is 0 Å². The van der Waals surface area contributed by atoms with Gasteiger partial charge in [0.1, 0.15) is 23.2 Å². The molecule has 1 aliphatic heterocycles. The molecule has 1 aromatic rings. The number of fused-ring (bicyclic) bond motifs is 1. The molecule has 0 amide bonds. The molecular weight excluding hydrogens is 261 g/mol. The normalized spacial score (nSPS) is 17.9. The molecule has 0 saturated carbocycles. The number of likely N-dealkylation sites (N-methyl/N-ethyl adjacent to an activating group) is 1. The van der Waals surface area contributed by atoms with Gasteiger partial charge in [-0.2, -0.15) is 0 Å². The SMILES string of the molecule is CCN(CC1Cc2cc(F)ccc2O1)C(C)(C)C(=O)O. The fraction of sp³-hybridized carbons (Fsp3) is 0.533. The molecule has 0 aliphatic carbocycles. The van der Waals surface area contributed by atoms with Crippen molar-refractivity contribution in [1.82, 2.24) is 4.90 Å². The van der Waals surface area contributed by atoms with E-state index in [0.717, 1.165) is 5.56 Å². The maximum absolute atomic E-state index is 13.2. The van der Waals surface area contributed by atoms with Gasteiger partial charge in [-0.15, -0.1) is 0 Å². The third-order valence-corrected chi connectivity index (χ3v) is 3.88. The van der Waals surface area contributed by atoms with Crippen molar-refractivity contribution in [3.8, 4) is 5.75 Å². The molecule has 1 N–H and O–H groups in total. The van der Waals surface area contributed by atoms with Gasteiger partial charge in [0.2, 0.25) is 0 Å². The van der Waals surface area contributed by atoms with E-state index < -0.39 is 11.5 Å². The Kier molecular flexibility index (Phi) is 3.99. The number of carboxylic acid groups (broad SMARTS) is 1. The highest BCUT2D eigenvalue weighted by Gasteiger charge is 2.36. The quantitative estimate of drug-likeness (QED) is 0.900. The molecule has 0 bridgehead atoms. The smallest absolute Gasteiger partial charge is 0.323 e. The monoisotopic (exact) mass is 281 g/mol. The van der Waals surface area contributed by atoms with Gasteiger partial charge in [-0.1, -0.05) is 6.92 Å². The van der Waals surface area contributed by atoms with E-state index in [1.807, 2.05) is 11.8 Å². The van der Waals surface area contributed by atoms with Crippen LogP contribution in [0.2, 0.25) is 0 Å². The van der Waals surface area contributed by atoms with Gasteiger partial charge < -0.3 is 9.84 Å². The van der Waals surface area contributed by atoms with Crippen LogP contribution < -0.4 is 4.74 Å². The Labute approximate surface area is 118 Å². The van der Waals surface area contributed by atoms with Crippen LogP contribution in [0.1, 0.15) is 26.3 Å². The van der Waals surface area contributed by atoms with E-state index in [0.29, 0.717) is 25.3 Å². The molecular formula is C15H20FNO3. The van der Waals surface area contributed by atoms with E-state index in [2.05, 4.69) is 0 Å². The highest BCUT2D eigenvalue weighted by atomic mass is 19.1. The predicted octanol–water partition coefficient (Wildman–Crippen LogP) is 2.31. The van der Waals surface area contributed by atoms with Gasteiger partial charge in [-0.05, 0) is 38.6 Å². The second-order valence-electron chi connectivity index (χ2n) is 5.60. The van der Waals surface area contributed by atoms with E-state index in [-0.39, 0.29) is 11.9 Å². The summed E-state index contributed by atoms with van der Waals surface area (Å²) in [6.07, 6.45) is 0.476. The lowest BCUT2D eigenvalue weighted by Crippen LogP contribution is -2.53. The van der Waals surface area contributed by atoms with Gasteiger partial charge in [0.25, 0.3) is 0 Å². The summed E-state index contributed by atoms with van der Waals surface area (Å²) in [6.45, 7) is 6.41. The average Bonchev–Trinajstić information content (AvgIpc) is 2.76. The van der Waals surface area contributed by atoms with Crippen LogP contribution in [0.3, 0.4) is 0 Å². The molecule has 0 spiro atoms. The number of halogens is 1. The molecule has 1 heterocycles. The van der Waals surface area contributed by atoms with Crippen LogP contribution in [0.5, 0.6) is 5.75 Å². The molecule has 5 heteroatoms. The van der Waals surface area contributed by atoms with Crippen molar-refractivity contribution >= 4 is 5.97 Å². The Morgan fingerprint density at radius 2 is 2.25 bits per heavy atom. The minimum Gasteiger partial charge on any atom is -0.488 e. The molecule has 1 aliphatic rings. The van der Waals surface area contributed by atoms with Crippen molar-refractivity contribution in [2.24, 2.45) is 0 Å². The number of benzene rings is 1. The maximum Gasteiger partial charge on any atom is 0.323 e. The average molecular weight is 281 g/mol. The number of carboxylic acids is 1. The fourth-order valence-electron chi connectivity index (χ4n) is 2.52. The molecule has 4 nitrogen and oxygen atoms in total. The summed E-state index contributed by atoms with van der Waals surface area (Å²) < 4.78 is 18.9. The molecule has 110 valence electrons. The summed E-state index contributed by atoms with van der Waals surface area (Å²) in [4.78, 5) is 13.2. The Hall–Kier alpha value is -1.62. The number of rotatable bonds is 5. The standard InChI is InChI=1S/C15H20FNO3/c1-4-17(15(2,3)14(18)19)9-12-8-10-7-11(16)5-6-13(10)20-12/h5-7,12H,4,8-9H2,1-3H3,(H,18,19). The van der Waals surface area contributed by atoms with E-state index >= 15 is 0 Å². The third kappa shape index (κ3) is 2.77. The van der Waals surface area contributed by atoms with Crippen LogP contribution in [0.4, 0.5) is 4.39 Å². The molecule has 20 heavy (non-hydrogen) atoms. The molecule has 2 rings (SSSR count). The first-order valence-electron chi connectivity index (χ1n) is 6.78. The first-order valence-corrected chi connectivity index (χ1v) is 6.78. The van der Waals surface area contributed by atoms with E-state index in [1.165, 1.54) is 12.1 Å². The summed E-state index contributed by atoms with van der Waals surface area (Å²) in [5.74, 6) is -0.437. The highest BCUT2D eigenvalue weighted by molar-refractivity contribution is 5.77. The highest BCUT2D eigenvalue weighted by Crippen LogP contribution is 2.30. The number of hydrogen-bond donors (Lipinski definition) is 1. The van der Waals surface area contributed by atoms with E-state index in [1.54, 1.807) is 19.9 Å². The molecule has 0 saturated heterocycles. The van der Waals surface area contributed by atoms with Gasteiger partial charge in [-0.3, -0.25) is 9.69 Å². The third-order valence-electron chi connectivity index (χ3n) is 3.88. The first kappa shape index (κ1) is 14.8. The minimum atomic E-state index is -0.946. The second kappa shape index (κ2) is 5.40. The summed E-state index contributed by atoms with van der Waals surface area (Å²) in [5, 5.41) is 9.29. The van der Waals surface area contributed by atoms with Crippen LogP contribution in [-0.4, -0.2) is 40.7 Å². The lowest BCUT2D eigenvalue weighted by Gasteiger charge is -2.35. The van der Waals surface area contributed by atoms with Gasteiger partial charge in [0.05, 0.1) is 0 Å². The Balaban J connectivity index is 2.07. The first-order chi connectivity index (χ1) is 9.34. The minimum absolute atomic E-state index is 0.134. The van der Waals surface area contributed by atoms with Crippen molar-refractivity contribution < 1.29 is 19.0 Å². The molecule has 0 aromatic heterocycles. The number of carbonyl (C=O) groups is 1. The van der Waals surface area contributed by atoms with Crippen molar-refractivity contribution in [2.45, 2.75) is 38.8 Å². The topological polar surface area (TPSA) is 49.8 Å². The van der Waals surface area contributed by atoms with Crippen LogP contribution in [0, 0.1) is 5.82 Å².